The van der Waals surface area contributed by atoms with Crippen molar-refractivity contribution >= 4 is 10.8 Å². The fourth-order valence-corrected chi connectivity index (χ4v) is 3.03. The van der Waals surface area contributed by atoms with Gasteiger partial charge in [-0.1, -0.05) is 24.3 Å². The number of nitrogens with two attached hydrogens (primary N) is 1. The number of methoxy groups -OCH3 is 1. The Balaban J connectivity index is 2.11. The molecule has 0 saturated heterocycles. The van der Waals surface area contributed by atoms with Gasteiger partial charge in [0.25, 0.3) is 0 Å². The van der Waals surface area contributed by atoms with Crippen molar-refractivity contribution in [2.45, 2.75) is 30.9 Å². The third-order valence-corrected chi connectivity index (χ3v) is 4.31. The van der Waals surface area contributed by atoms with Gasteiger partial charge in [0.2, 0.25) is 0 Å². The minimum absolute atomic E-state index is 0.0233. The minimum Gasteiger partial charge on any atom is -0.376 e. The van der Waals surface area contributed by atoms with Crippen LogP contribution in [0.15, 0.2) is 36.7 Å². The molecule has 0 amide bonds. The summed E-state index contributed by atoms with van der Waals surface area (Å²) in [7, 11) is 1.77. The lowest BCUT2D eigenvalue weighted by Gasteiger charge is -2.46. The maximum Gasteiger partial charge on any atom is 0.0886 e. The Morgan fingerprint density at radius 3 is 2.74 bits per heavy atom. The molecule has 4 heteroatoms. The summed E-state index contributed by atoms with van der Waals surface area (Å²) < 4.78 is 5.76. The lowest BCUT2D eigenvalue weighted by Crippen LogP contribution is -2.52. The molecule has 4 nitrogen and oxygen atoms in total. The van der Waals surface area contributed by atoms with Crippen LogP contribution in [0.3, 0.4) is 0 Å². The molecule has 100 valence electrons. The summed E-state index contributed by atoms with van der Waals surface area (Å²) in [5.41, 5.74) is 3.86. The smallest absolute Gasteiger partial charge is 0.0886 e. The van der Waals surface area contributed by atoms with Crippen LogP contribution in [-0.4, -0.2) is 17.7 Å². The van der Waals surface area contributed by atoms with Crippen molar-refractivity contribution in [2.75, 3.05) is 7.11 Å². The van der Waals surface area contributed by atoms with E-state index >= 15 is 0 Å². The molecular formula is C15H19N3O. The number of hydrazine groups is 1. The van der Waals surface area contributed by atoms with Crippen molar-refractivity contribution < 1.29 is 4.74 Å². The van der Waals surface area contributed by atoms with Crippen LogP contribution in [-0.2, 0) is 4.74 Å². The van der Waals surface area contributed by atoms with E-state index in [1.807, 2.05) is 24.5 Å². The molecule has 1 aromatic carbocycles. The van der Waals surface area contributed by atoms with Crippen molar-refractivity contribution in [1.29, 1.82) is 0 Å². The average Bonchev–Trinajstić information content (AvgIpc) is 2.42. The van der Waals surface area contributed by atoms with Crippen LogP contribution < -0.4 is 11.3 Å². The number of aromatic nitrogens is 1. The Hall–Kier alpha value is -1.49. The average molecular weight is 257 g/mol. The Labute approximate surface area is 112 Å². The van der Waals surface area contributed by atoms with E-state index in [1.54, 1.807) is 7.11 Å². The van der Waals surface area contributed by atoms with Gasteiger partial charge in [-0.2, -0.15) is 0 Å². The molecule has 0 radical (unpaired) electrons. The summed E-state index contributed by atoms with van der Waals surface area (Å²) in [5.74, 6) is 5.81. The molecule has 0 spiro atoms. The Morgan fingerprint density at radius 1 is 1.32 bits per heavy atom. The first-order valence-corrected chi connectivity index (χ1v) is 6.65. The predicted octanol–water partition coefficient (Wildman–Crippen LogP) is 2.31. The molecule has 2 aromatic rings. The van der Waals surface area contributed by atoms with Gasteiger partial charge in [0.1, 0.15) is 0 Å². The van der Waals surface area contributed by atoms with Gasteiger partial charge in [-0.3, -0.25) is 10.8 Å². The minimum atomic E-state index is -0.194. The van der Waals surface area contributed by atoms with Crippen molar-refractivity contribution in [3.63, 3.8) is 0 Å². The molecule has 1 aromatic heterocycles. The molecule has 1 saturated carbocycles. The molecule has 19 heavy (non-hydrogen) atoms. The van der Waals surface area contributed by atoms with Gasteiger partial charge in [-0.25, -0.2) is 5.43 Å². The van der Waals surface area contributed by atoms with Crippen LogP contribution in [0.4, 0.5) is 0 Å². The third kappa shape index (κ3) is 1.92. The van der Waals surface area contributed by atoms with E-state index < -0.39 is 0 Å². The highest BCUT2D eigenvalue weighted by Crippen LogP contribution is 2.45. The second kappa shape index (κ2) is 4.89. The maximum atomic E-state index is 5.81. The Kier molecular flexibility index (Phi) is 3.22. The number of nitrogens with one attached hydrogen (secondary N) is 1. The van der Waals surface area contributed by atoms with Gasteiger partial charge in [0.15, 0.2) is 0 Å². The number of pyridine rings is 1. The number of rotatable bonds is 4. The van der Waals surface area contributed by atoms with Gasteiger partial charge in [0.05, 0.1) is 11.6 Å². The molecule has 3 rings (SSSR count). The molecule has 0 bridgehead atoms. The summed E-state index contributed by atoms with van der Waals surface area (Å²) in [6.07, 6.45) is 7.02. The van der Waals surface area contributed by atoms with E-state index in [0.717, 1.165) is 23.8 Å². The van der Waals surface area contributed by atoms with Crippen molar-refractivity contribution in [1.82, 2.24) is 10.4 Å². The number of fused-ring (bicyclic) bond motifs is 1. The van der Waals surface area contributed by atoms with Crippen LogP contribution in [0.25, 0.3) is 10.8 Å². The summed E-state index contributed by atoms with van der Waals surface area (Å²) >= 11 is 0. The second-order valence-corrected chi connectivity index (χ2v) is 5.17. The molecule has 1 heterocycles. The number of nitrogens with zero attached hydrogens (tertiary/aromatic N) is 1. The van der Waals surface area contributed by atoms with E-state index in [1.165, 1.54) is 11.8 Å². The lowest BCUT2D eigenvalue weighted by molar-refractivity contribution is -0.0996. The van der Waals surface area contributed by atoms with Crippen LogP contribution in [0.2, 0.25) is 0 Å². The Morgan fingerprint density at radius 2 is 2.11 bits per heavy atom. The fourth-order valence-electron chi connectivity index (χ4n) is 3.03. The molecular weight excluding hydrogens is 238 g/mol. The first-order valence-electron chi connectivity index (χ1n) is 6.65. The summed E-state index contributed by atoms with van der Waals surface area (Å²) in [6, 6.07) is 8.22. The highest BCUT2D eigenvalue weighted by molar-refractivity contribution is 5.85. The molecule has 1 aliphatic carbocycles. The number of hydrogen-bond acceptors (Lipinski definition) is 4. The van der Waals surface area contributed by atoms with Crippen molar-refractivity contribution in [2.24, 2.45) is 5.84 Å². The van der Waals surface area contributed by atoms with Gasteiger partial charge in [0, 0.05) is 24.9 Å². The number of hydrogen-bond donors (Lipinski definition) is 2. The molecule has 1 fully saturated rings. The first kappa shape index (κ1) is 12.5. The van der Waals surface area contributed by atoms with Crippen LogP contribution >= 0.6 is 0 Å². The van der Waals surface area contributed by atoms with Crippen molar-refractivity contribution in [3.05, 3.63) is 42.2 Å². The second-order valence-electron chi connectivity index (χ2n) is 5.17. The molecule has 0 aliphatic heterocycles. The third-order valence-electron chi connectivity index (χ3n) is 4.31. The number of benzene rings is 1. The fraction of sp³-hybridized carbons (Fsp3) is 0.400. The van der Waals surface area contributed by atoms with Gasteiger partial charge in [-0.15, -0.1) is 0 Å². The lowest BCUT2D eigenvalue weighted by atomic mass is 9.72. The first-order chi connectivity index (χ1) is 9.30. The summed E-state index contributed by atoms with van der Waals surface area (Å²) in [4.78, 5) is 4.34. The summed E-state index contributed by atoms with van der Waals surface area (Å²) in [5, 5.41) is 2.31. The zero-order valence-electron chi connectivity index (χ0n) is 11.1. The van der Waals surface area contributed by atoms with Crippen LogP contribution in [0, 0.1) is 0 Å². The van der Waals surface area contributed by atoms with E-state index in [9.17, 15) is 0 Å². The standard InChI is InChI=1S/C15H19N3O/c1-19-15(7-4-8-15)14(18-16)13-10-17-9-11-5-2-3-6-12(11)13/h2-3,5-6,9-10,14,18H,4,7-8,16H2,1H3. The maximum absolute atomic E-state index is 5.81. The van der Waals surface area contributed by atoms with E-state index in [4.69, 9.17) is 10.6 Å². The molecule has 1 aliphatic rings. The highest BCUT2D eigenvalue weighted by Gasteiger charge is 2.45. The molecule has 1 unspecified atom stereocenters. The van der Waals surface area contributed by atoms with E-state index in [-0.39, 0.29) is 11.6 Å². The van der Waals surface area contributed by atoms with Crippen LogP contribution in [0.1, 0.15) is 30.9 Å². The van der Waals surface area contributed by atoms with Gasteiger partial charge < -0.3 is 4.74 Å². The zero-order valence-corrected chi connectivity index (χ0v) is 11.1. The van der Waals surface area contributed by atoms with E-state index in [0.29, 0.717) is 0 Å². The number of ether oxygens (including phenoxy) is 1. The van der Waals surface area contributed by atoms with Gasteiger partial charge in [-0.05, 0) is 30.2 Å². The van der Waals surface area contributed by atoms with Crippen LogP contribution in [0.5, 0.6) is 0 Å². The van der Waals surface area contributed by atoms with E-state index in [2.05, 4.69) is 22.5 Å². The quantitative estimate of drug-likeness (QED) is 0.652. The summed E-state index contributed by atoms with van der Waals surface area (Å²) in [6.45, 7) is 0. The normalized spacial score (nSPS) is 19.1. The zero-order chi connectivity index (χ0) is 13.3. The topological polar surface area (TPSA) is 60.2 Å². The Bertz CT molecular complexity index is 570. The predicted molar refractivity (Wildman–Crippen MR) is 75.4 cm³/mol. The molecule has 3 N–H and O–H groups in total. The molecule has 1 atom stereocenters. The largest absolute Gasteiger partial charge is 0.376 e. The monoisotopic (exact) mass is 257 g/mol. The van der Waals surface area contributed by atoms with Crippen molar-refractivity contribution in [3.8, 4) is 0 Å². The highest BCUT2D eigenvalue weighted by atomic mass is 16.5. The SMILES string of the molecule is COC1(C(NN)c2cncc3ccccc23)CCC1. The van der Waals surface area contributed by atoms with Gasteiger partial charge >= 0.3 is 0 Å².